The summed E-state index contributed by atoms with van der Waals surface area (Å²) in [6.45, 7) is 5.19. The van der Waals surface area contributed by atoms with Crippen molar-refractivity contribution in [1.29, 1.82) is 0 Å². The molecular formula is C18H21FN4O2. The van der Waals surface area contributed by atoms with E-state index in [9.17, 15) is 14.0 Å². The molecule has 0 unspecified atom stereocenters. The molecule has 0 aliphatic carbocycles. The molecule has 0 spiro atoms. The number of aromatic nitrogens is 2. The minimum absolute atomic E-state index is 0.00539. The predicted molar refractivity (Wildman–Crippen MR) is 90.6 cm³/mol. The SMILES string of the molecule is CC(C)NC(=O)c1cc2n(n1)CCCN(Cc1cccc(F)c1)C2=O. The number of hydrogen-bond donors (Lipinski definition) is 1. The number of halogens is 1. The van der Waals surface area contributed by atoms with Crippen molar-refractivity contribution >= 4 is 11.8 Å². The van der Waals surface area contributed by atoms with Crippen LogP contribution in [0.25, 0.3) is 0 Å². The first kappa shape index (κ1) is 17.1. The molecule has 0 bridgehead atoms. The summed E-state index contributed by atoms with van der Waals surface area (Å²) in [5.74, 6) is -0.810. The van der Waals surface area contributed by atoms with Gasteiger partial charge in [0.2, 0.25) is 0 Å². The van der Waals surface area contributed by atoms with Gasteiger partial charge in [0.15, 0.2) is 5.69 Å². The van der Waals surface area contributed by atoms with Crippen LogP contribution >= 0.6 is 0 Å². The van der Waals surface area contributed by atoms with Crippen molar-refractivity contribution in [3.8, 4) is 0 Å². The molecule has 25 heavy (non-hydrogen) atoms. The van der Waals surface area contributed by atoms with E-state index >= 15 is 0 Å². The van der Waals surface area contributed by atoms with Crippen LogP contribution in [0.5, 0.6) is 0 Å². The van der Waals surface area contributed by atoms with Gasteiger partial charge in [0, 0.05) is 31.7 Å². The molecule has 1 N–H and O–H groups in total. The Morgan fingerprint density at radius 2 is 2.12 bits per heavy atom. The predicted octanol–water partition coefficient (Wildman–Crippen LogP) is 2.21. The first-order valence-corrected chi connectivity index (χ1v) is 8.36. The lowest BCUT2D eigenvalue weighted by molar-refractivity contribution is 0.0745. The molecule has 0 atom stereocenters. The molecule has 1 aromatic carbocycles. The van der Waals surface area contributed by atoms with E-state index in [1.165, 1.54) is 18.2 Å². The third-order valence-corrected chi connectivity index (χ3v) is 4.00. The molecular weight excluding hydrogens is 323 g/mol. The van der Waals surface area contributed by atoms with Crippen molar-refractivity contribution in [3.05, 3.63) is 53.1 Å². The second kappa shape index (κ2) is 7.04. The van der Waals surface area contributed by atoms with Crippen LogP contribution in [0.3, 0.4) is 0 Å². The van der Waals surface area contributed by atoms with E-state index in [0.29, 0.717) is 25.3 Å². The van der Waals surface area contributed by atoms with E-state index < -0.39 is 0 Å². The van der Waals surface area contributed by atoms with Crippen molar-refractivity contribution in [2.75, 3.05) is 6.54 Å². The van der Waals surface area contributed by atoms with Gasteiger partial charge in [-0.15, -0.1) is 0 Å². The number of hydrogen-bond acceptors (Lipinski definition) is 3. The van der Waals surface area contributed by atoms with E-state index in [1.807, 2.05) is 13.8 Å². The summed E-state index contributed by atoms with van der Waals surface area (Å²) in [5.41, 5.74) is 1.37. The highest BCUT2D eigenvalue weighted by molar-refractivity contribution is 5.98. The molecule has 7 heteroatoms. The van der Waals surface area contributed by atoms with Gasteiger partial charge in [-0.3, -0.25) is 14.3 Å². The fourth-order valence-corrected chi connectivity index (χ4v) is 2.89. The van der Waals surface area contributed by atoms with Crippen LogP contribution in [-0.4, -0.2) is 39.1 Å². The summed E-state index contributed by atoms with van der Waals surface area (Å²) in [4.78, 5) is 26.6. The Labute approximate surface area is 145 Å². The van der Waals surface area contributed by atoms with Gasteiger partial charge in [-0.05, 0) is 38.0 Å². The maximum Gasteiger partial charge on any atom is 0.272 e. The van der Waals surface area contributed by atoms with Crippen LogP contribution < -0.4 is 5.32 Å². The Balaban J connectivity index is 1.82. The lowest BCUT2D eigenvalue weighted by atomic mass is 10.2. The Bertz CT molecular complexity index is 800. The smallest absolute Gasteiger partial charge is 0.272 e. The molecule has 0 radical (unpaired) electrons. The third kappa shape index (κ3) is 3.87. The van der Waals surface area contributed by atoms with E-state index in [-0.39, 0.29) is 29.4 Å². The normalized spacial score (nSPS) is 14.4. The Morgan fingerprint density at radius 1 is 1.32 bits per heavy atom. The standard InChI is InChI=1S/C18H21FN4O2/c1-12(2)20-17(24)15-10-16-18(25)22(7-4-8-23(16)21-15)11-13-5-3-6-14(19)9-13/h3,5-6,9-10,12H,4,7-8,11H2,1-2H3,(H,20,24). The summed E-state index contributed by atoms with van der Waals surface area (Å²) in [6, 6.07) is 7.75. The van der Waals surface area contributed by atoms with Gasteiger partial charge in [-0.25, -0.2) is 4.39 Å². The maximum absolute atomic E-state index is 13.4. The number of nitrogens with one attached hydrogen (secondary N) is 1. The van der Waals surface area contributed by atoms with Crippen molar-refractivity contribution in [2.24, 2.45) is 0 Å². The number of benzene rings is 1. The fraction of sp³-hybridized carbons (Fsp3) is 0.389. The molecule has 132 valence electrons. The van der Waals surface area contributed by atoms with Crippen molar-refractivity contribution in [2.45, 2.75) is 39.4 Å². The summed E-state index contributed by atoms with van der Waals surface area (Å²) in [7, 11) is 0. The molecule has 2 heterocycles. The van der Waals surface area contributed by atoms with Crippen molar-refractivity contribution < 1.29 is 14.0 Å². The number of amides is 2. The maximum atomic E-state index is 13.4. The molecule has 0 saturated heterocycles. The number of aryl methyl sites for hydroxylation is 1. The van der Waals surface area contributed by atoms with Gasteiger partial charge in [0.1, 0.15) is 11.5 Å². The lowest BCUT2D eigenvalue weighted by Crippen LogP contribution is -2.31. The average molecular weight is 344 g/mol. The molecule has 6 nitrogen and oxygen atoms in total. The highest BCUT2D eigenvalue weighted by atomic mass is 19.1. The van der Waals surface area contributed by atoms with E-state index in [4.69, 9.17) is 0 Å². The monoisotopic (exact) mass is 344 g/mol. The van der Waals surface area contributed by atoms with Gasteiger partial charge in [-0.1, -0.05) is 12.1 Å². The average Bonchev–Trinajstić information content (AvgIpc) is 2.91. The van der Waals surface area contributed by atoms with Crippen LogP contribution in [0, 0.1) is 5.82 Å². The third-order valence-electron chi connectivity index (χ3n) is 4.00. The van der Waals surface area contributed by atoms with Crippen LogP contribution in [0.1, 0.15) is 46.8 Å². The molecule has 0 fully saturated rings. The van der Waals surface area contributed by atoms with E-state index in [1.54, 1.807) is 21.7 Å². The van der Waals surface area contributed by atoms with Gasteiger partial charge in [0.05, 0.1) is 0 Å². The summed E-state index contributed by atoms with van der Waals surface area (Å²) in [6.07, 6.45) is 0.723. The molecule has 2 amide bonds. The van der Waals surface area contributed by atoms with Crippen LogP contribution in [0.2, 0.25) is 0 Å². The molecule has 0 saturated carbocycles. The number of rotatable bonds is 4. The minimum Gasteiger partial charge on any atom is -0.348 e. The largest absolute Gasteiger partial charge is 0.348 e. The minimum atomic E-state index is -0.322. The highest BCUT2D eigenvalue weighted by Gasteiger charge is 2.26. The number of carbonyl (C=O) groups is 2. The van der Waals surface area contributed by atoms with Crippen molar-refractivity contribution in [1.82, 2.24) is 20.0 Å². The fourth-order valence-electron chi connectivity index (χ4n) is 2.89. The first-order chi connectivity index (χ1) is 11.9. The second-order valence-electron chi connectivity index (χ2n) is 6.48. The van der Waals surface area contributed by atoms with Gasteiger partial charge < -0.3 is 10.2 Å². The van der Waals surface area contributed by atoms with E-state index in [0.717, 1.165) is 12.0 Å². The Kier molecular flexibility index (Phi) is 4.83. The molecule has 3 rings (SSSR count). The Morgan fingerprint density at radius 3 is 2.84 bits per heavy atom. The van der Waals surface area contributed by atoms with Crippen molar-refractivity contribution in [3.63, 3.8) is 0 Å². The van der Waals surface area contributed by atoms with Gasteiger partial charge in [-0.2, -0.15) is 5.10 Å². The molecule has 1 aromatic heterocycles. The molecule has 2 aromatic rings. The molecule has 1 aliphatic heterocycles. The van der Waals surface area contributed by atoms with Crippen LogP contribution in [-0.2, 0) is 13.1 Å². The van der Waals surface area contributed by atoms with Crippen LogP contribution in [0.15, 0.2) is 30.3 Å². The first-order valence-electron chi connectivity index (χ1n) is 8.36. The zero-order valence-corrected chi connectivity index (χ0v) is 14.3. The summed E-state index contributed by atoms with van der Waals surface area (Å²) >= 11 is 0. The topological polar surface area (TPSA) is 67.2 Å². The number of carbonyl (C=O) groups excluding carboxylic acids is 2. The van der Waals surface area contributed by atoms with Gasteiger partial charge >= 0.3 is 0 Å². The number of fused-ring (bicyclic) bond motifs is 1. The highest BCUT2D eigenvalue weighted by Crippen LogP contribution is 2.17. The summed E-state index contributed by atoms with van der Waals surface area (Å²) < 4.78 is 15.0. The van der Waals surface area contributed by atoms with Gasteiger partial charge in [0.25, 0.3) is 11.8 Å². The quantitative estimate of drug-likeness (QED) is 0.925. The van der Waals surface area contributed by atoms with Crippen LogP contribution in [0.4, 0.5) is 4.39 Å². The zero-order chi connectivity index (χ0) is 18.0. The zero-order valence-electron chi connectivity index (χ0n) is 14.3. The lowest BCUT2D eigenvalue weighted by Gasteiger charge is -2.20. The Hall–Kier alpha value is -2.70. The number of nitrogens with zero attached hydrogens (tertiary/aromatic N) is 3. The second-order valence-corrected chi connectivity index (χ2v) is 6.48. The summed E-state index contributed by atoms with van der Waals surface area (Å²) in [5, 5.41) is 7.04. The molecule has 1 aliphatic rings. The van der Waals surface area contributed by atoms with E-state index in [2.05, 4.69) is 10.4 Å².